The second kappa shape index (κ2) is 6.48. The molecule has 0 unspecified atom stereocenters. The van der Waals surface area contributed by atoms with Crippen LogP contribution in [0, 0.1) is 0 Å². The zero-order valence-corrected chi connectivity index (χ0v) is 12.8. The van der Waals surface area contributed by atoms with Crippen LogP contribution in [0.3, 0.4) is 0 Å². The van der Waals surface area contributed by atoms with Crippen molar-refractivity contribution in [2.75, 3.05) is 0 Å². The molecule has 112 valence electrons. The molecule has 2 rings (SSSR count). The number of thiophene rings is 1. The number of carbonyl (C=O) groups is 1. The van der Waals surface area contributed by atoms with Crippen molar-refractivity contribution in [3.63, 3.8) is 0 Å². The van der Waals surface area contributed by atoms with Crippen molar-refractivity contribution in [2.45, 2.75) is 12.9 Å². The molecule has 8 heteroatoms. The van der Waals surface area contributed by atoms with Crippen LogP contribution in [0.15, 0.2) is 40.2 Å². The molecule has 1 heterocycles. The smallest absolute Gasteiger partial charge is 0.405 e. The number of hydrogen-bond acceptors (Lipinski definition) is 3. The van der Waals surface area contributed by atoms with Crippen molar-refractivity contribution in [1.82, 2.24) is 5.32 Å². The average Bonchev–Trinajstić information content (AvgIpc) is 2.82. The highest BCUT2D eigenvalue weighted by Crippen LogP contribution is 2.26. The van der Waals surface area contributed by atoms with Crippen molar-refractivity contribution < 1.29 is 22.7 Å². The SMILES string of the molecule is O=C(NCc1ccccc1OC(F)(F)F)c1ccc(Br)s1. The first-order valence-corrected chi connectivity index (χ1v) is 7.33. The third-order valence-corrected chi connectivity index (χ3v) is 4.06. The molecule has 1 aromatic carbocycles. The summed E-state index contributed by atoms with van der Waals surface area (Å²) in [5.74, 6) is -0.676. The summed E-state index contributed by atoms with van der Waals surface area (Å²) in [6, 6.07) is 9.03. The fourth-order valence-electron chi connectivity index (χ4n) is 1.57. The molecule has 1 N–H and O–H groups in total. The Morgan fingerprint density at radius 1 is 1.24 bits per heavy atom. The number of amides is 1. The maximum absolute atomic E-state index is 12.3. The van der Waals surface area contributed by atoms with E-state index in [1.807, 2.05) is 0 Å². The van der Waals surface area contributed by atoms with Crippen molar-refractivity contribution in [3.8, 4) is 5.75 Å². The summed E-state index contributed by atoms with van der Waals surface area (Å²) < 4.78 is 41.5. The molecule has 0 saturated carbocycles. The lowest BCUT2D eigenvalue weighted by Crippen LogP contribution is -2.23. The molecule has 0 fully saturated rings. The number of carbonyl (C=O) groups excluding carboxylic acids is 1. The lowest BCUT2D eigenvalue weighted by atomic mass is 10.2. The van der Waals surface area contributed by atoms with Crippen LogP contribution in [0.25, 0.3) is 0 Å². The zero-order valence-electron chi connectivity index (χ0n) is 10.4. The van der Waals surface area contributed by atoms with Crippen LogP contribution in [-0.4, -0.2) is 12.3 Å². The lowest BCUT2D eigenvalue weighted by molar-refractivity contribution is -0.274. The molecule has 0 spiro atoms. The highest BCUT2D eigenvalue weighted by Gasteiger charge is 2.31. The maximum atomic E-state index is 12.3. The first kappa shape index (κ1) is 15.8. The molecular weight excluding hydrogens is 371 g/mol. The lowest BCUT2D eigenvalue weighted by Gasteiger charge is -2.13. The molecular formula is C13H9BrF3NO2S. The predicted molar refractivity (Wildman–Crippen MR) is 76.3 cm³/mol. The average molecular weight is 380 g/mol. The van der Waals surface area contributed by atoms with Gasteiger partial charge in [0.1, 0.15) is 5.75 Å². The third kappa shape index (κ3) is 4.75. The number of halogens is 4. The molecule has 0 aliphatic heterocycles. The summed E-state index contributed by atoms with van der Waals surface area (Å²) >= 11 is 4.47. The Morgan fingerprint density at radius 2 is 1.95 bits per heavy atom. The Morgan fingerprint density at radius 3 is 2.57 bits per heavy atom. The van der Waals surface area contributed by atoms with Gasteiger partial charge in [-0.25, -0.2) is 0 Å². The van der Waals surface area contributed by atoms with Crippen LogP contribution in [0.5, 0.6) is 5.75 Å². The van der Waals surface area contributed by atoms with Gasteiger partial charge in [0.15, 0.2) is 0 Å². The minimum absolute atomic E-state index is 0.0550. The number of alkyl halides is 3. The van der Waals surface area contributed by atoms with E-state index < -0.39 is 6.36 Å². The van der Waals surface area contributed by atoms with E-state index in [0.717, 1.165) is 3.79 Å². The fraction of sp³-hybridized carbons (Fsp3) is 0.154. The fourth-order valence-corrected chi connectivity index (χ4v) is 2.88. The van der Waals surface area contributed by atoms with Crippen molar-refractivity contribution in [1.29, 1.82) is 0 Å². The zero-order chi connectivity index (χ0) is 15.5. The van der Waals surface area contributed by atoms with E-state index in [0.29, 0.717) is 4.88 Å². The molecule has 0 radical (unpaired) electrons. The van der Waals surface area contributed by atoms with E-state index in [1.54, 1.807) is 18.2 Å². The van der Waals surface area contributed by atoms with E-state index in [1.165, 1.54) is 29.5 Å². The minimum Gasteiger partial charge on any atom is -0.405 e. The van der Waals surface area contributed by atoms with Gasteiger partial charge in [0.05, 0.1) is 8.66 Å². The van der Waals surface area contributed by atoms with Crippen LogP contribution in [0.1, 0.15) is 15.2 Å². The molecule has 21 heavy (non-hydrogen) atoms. The Kier molecular flexibility index (Phi) is 4.89. The van der Waals surface area contributed by atoms with Gasteiger partial charge in [-0.3, -0.25) is 4.79 Å². The van der Waals surface area contributed by atoms with Gasteiger partial charge in [-0.1, -0.05) is 18.2 Å². The maximum Gasteiger partial charge on any atom is 0.573 e. The number of benzene rings is 1. The largest absolute Gasteiger partial charge is 0.573 e. The van der Waals surface area contributed by atoms with Crippen LogP contribution in [0.4, 0.5) is 13.2 Å². The monoisotopic (exact) mass is 379 g/mol. The summed E-state index contributed by atoms with van der Waals surface area (Å²) in [5, 5.41) is 2.56. The Bertz CT molecular complexity index is 642. The van der Waals surface area contributed by atoms with E-state index >= 15 is 0 Å². The molecule has 2 aromatic rings. The third-order valence-electron chi connectivity index (χ3n) is 2.43. The normalized spacial score (nSPS) is 11.2. The summed E-state index contributed by atoms with van der Waals surface area (Å²) in [6.07, 6.45) is -4.77. The Labute approximate surface area is 130 Å². The van der Waals surface area contributed by atoms with Gasteiger partial charge in [0, 0.05) is 12.1 Å². The summed E-state index contributed by atoms with van der Waals surface area (Å²) in [5.41, 5.74) is 0.249. The first-order chi connectivity index (χ1) is 9.85. The summed E-state index contributed by atoms with van der Waals surface area (Å²) in [4.78, 5) is 12.3. The quantitative estimate of drug-likeness (QED) is 0.857. The highest BCUT2D eigenvalue weighted by molar-refractivity contribution is 9.11. The number of ether oxygens (including phenoxy) is 1. The topological polar surface area (TPSA) is 38.3 Å². The van der Waals surface area contributed by atoms with Crippen LogP contribution in [-0.2, 0) is 6.54 Å². The van der Waals surface area contributed by atoms with Crippen molar-refractivity contribution in [2.24, 2.45) is 0 Å². The molecule has 0 atom stereocenters. The van der Waals surface area contributed by atoms with Gasteiger partial charge in [0.25, 0.3) is 5.91 Å². The summed E-state index contributed by atoms with van der Waals surface area (Å²) in [6.45, 7) is -0.0550. The number of para-hydroxylation sites is 1. The molecule has 1 amide bonds. The van der Waals surface area contributed by atoms with Gasteiger partial charge in [-0.05, 0) is 34.1 Å². The highest BCUT2D eigenvalue weighted by atomic mass is 79.9. The first-order valence-electron chi connectivity index (χ1n) is 5.72. The van der Waals surface area contributed by atoms with Gasteiger partial charge in [-0.15, -0.1) is 24.5 Å². The van der Waals surface area contributed by atoms with E-state index in [-0.39, 0.29) is 23.8 Å². The Hall–Kier alpha value is -1.54. The van der Waals surface area contributed by atoms with Crippen LogP contribution < -0.4 is 10.1 Å². The summed E-state index contributed by atoms with van der Waals surface area (Å²) in [7, 11) is 0. The number of hydrogen-bond donors (Lipinski definition) is 1. The predicted octanol–water partition coefficient (Wildman–Crippen LogP) is 4.34. The van der Waals surface area contributed by atoms with Gasteiger partial charge >= 0.3 is 6.36 Å². The molecule has 0 aliphatic rings. The number of rotatable bonds is 4. The van der Waals surface area contributed by atoms with E-state index in [9.17, 15) is 18.0 Å². The molecule has 0 bridgehead atoms. The van der Waals surface area contributed by atoms with E-state index in [4.69, 9.17) is 0 Å². The van der Waals surface area contributed by atoms with Crippen LogP contribution >= 0.6 is 27.3 Å². The molecule has 3 nitrogen and oxygen atoms in total. The molecule has 1 aromatic heterocycles. The van der Waals surface area contributed by atoms with Gasteiger partial charge in [0.2, 0.25) is 0 Å². The second-order valence-electron chi connectivity index (χ2n) is 3.94. The number of nitrogens with one attached hydrogen (secondary N) is 1. The van der Waals surface area contributed by atoms with Crippen LogP contribution in [0.2, 0.25) is 0 Å². The minimum atomic E-state index is -4.77. The Balaban J connectivity index is 2.05. The molecule has 0 aliphatic carbocycles. The van der Waals surface area contributed by atoms with Crippen molar-refractivity contribution >= 4 is 33.2 Å². The molecule has 0 saturated heterocycles. The standard InChI is InChI=1S/C13H9BrF3NO2S/c14-11-6-5-10(21-11)12(19)18-7-8-3-1-2-4-9(8)20-13(15,16)17/h1-6H,7H2,(H,18,19). The van der Waals surface area contributed by atoms with Gasteiger partial charge < -0.3 is 10.1 Å². The van der Waals surface area contributed by atoms with E-state index in [2.05, 4.69) is 26.0 Å². The second-order valence-corrected chi connectivity index (χ2v) is 6.40. The van der Waals surface area contributed by atoms with Gasteiger partial charge in [-0.2, -0.15) is 0 Å². The van der Waals surface area contributed by atoms with Crippen molar-refractivity contribution in [3.05, 3.63) is 50.6 Å².